The third kappa shape index (κ3) is 3.43. The van der Waals surface area contributed by atoms with Crippen molar-refractivity contribution in [2.24, 2.45) is 34.0 Å². The van der Waals surface area contributed by atoms with Gasteiger partial charge in [-0.2, -0.15) is 0 Å². The molecule has 50 heavy (non-hydrogen) atoms. The molecule has 1 spiro atoms. The van der Waals surface area contributed by atoms with Crippen LogP contribution >= 0.6 is 0 Å². The third-order valence-electron chi connectivity index (χ3n) is 14.5. The van der Waals surface area contributed by atoms with Crippen LogP contribution in [-0.4, -0.2) is 114 Å². The van der Waals surface area contributed by atoms with Gasteiger partial charge in [0, 0.05) is 53.6 Å². The predicted molar refractivity (Wildman–Crippen MR) is 169 cm³/mol. The number of carbonyl (C=O) groups is 2. The number of aliphatic hydroxyl groups excluding tert-OH is 1. The fourth-order valence-electron chi connectivity index (χ4n) is 12.5. The van der Waals surface area contributed by atoms with E-state index in [9.17, 15) is 24.9 Å². The number of esters is 2. The Labute approximate surface area is 289 Å². The molecule has 16 atom stereocenters. The van der Waals surface area contributed by atoms with E-state index in [2.05, 4.69) is 0 Å². The summed E-state index contributed by atoms with van der Waals surface area (Å²) in [6.07, 6.45) is 0.492. The number of benzene rings is 1. The summed E-state index contributed by atoms with van der Waals surface area (Å²) in [5.74, 6) is -5.97. The van der Waals surface area contributed by atoms with Gasteiger partial charge in [0.05, 0.1) is 51.0 Å². The summed E-state index contributed by atoms with van der Waals surface area (Å²) < 4.78 is 50.3. The summed E-state index contributed by atoms with van der Waals surface area (Å²) in [6, 6.07) is 9.30. The van der Waals surface area contributed by atoms with E-state index in [1.54, 1.807) is 13.0 Å². The summed E-state index contributed by atoms with van der Waals surface area (Å²) in [7, 11) is 2.58. The van der Waals surface area contributed by atoms with Gasteiger partial charge >= 0.3 is 11.9 Å². The molecule has 270 valence electrons. The molecule has 0 amide bonds. The molecule has 0 aromatic heterocycles. The molecule has 3 saturated carbocycles. The number of carbonyl (C=O) groups excluding carboxylic acids is 2. The number of aliphatic hydroxyl groups is 3. The van der Waals surface area contributed by atoms with Crippen LogP contribution in [0.5, 0.6) is 0 Å². The zero-order valence-electron chi connectivity index (χ0n) is 28.6. The van der Waals surface area contributed by atoms with Crippen molar-refractivity contribution in [3.8, 4) is 0 Å². The Balaban J connectivity index is 1.25. The van der Waals surface area contributed by atoms with Crippen molar-refractivity contribution in [3.63, 3.8) is 0 Å². The van der Waals surface area contributed by atoms with Gasteiger partial charge in [-0.25, -0.2) is 9.59 Å². The Morgan fingerprint density at radius 1 is 1.04 bits per heavy atom. The van der Waals surface area contributed by atoms with Crippen molar-refractivity contribution in [1.82, 2.24) is 0 Å². The van der Waals surface area contributed by atoms with Crippen molar-refractivity contribution in [1.29, 1.82) is 0 Å². The summed E-state index contributed by atoms with van der Waals surface area (Å²) in [5.41, 5.74) is -7.83. The molecular formula is C37H44O13. The molecule has 1 aromatic carbocycles. The van der Waals surface area contributed by atoms with E-state index < -0.39 is 105 Å². The molecule has 4 saturated heterocycles. The standard InChI is InChI=1S/C37H44O13/c1-31-17-46-25-26(31)34(22(16-21(31)38)48-24(39)12-11-19-9-7-6-8-10-19)18-47-36(44-5,29(40)43-4)28(34)32(2)27(25)50-33(3)20-15-23(37(32,33)42)49-30-35(20,41)13-14-45-30/h6-14,20-23,25-28,30,38,41-42H,15-18H2,1-5H3. The summed E-state index contributed by atoms with van der Waals surface area (Å²) in [6.45, 7) is 5.53. The second-order valence-corrected chi connectivity index (χ2v) is 16.1. The Hall–Kier alpha value is -2.88. The van der Waals surface area contributed by atoms with Crippen LogP contribution in [-0.2, 0) is 47.5 Å². The first-order valence-corrected chi connectivity index (χ1v) is 17.3. The average molecular weight is 697 g/mol. The van der Waals surface area contributed by atoms with Crippen LogP contribution in [0.15, 0.2) is 48.7 Å². The van der Waals surface area contributed by atoms with E-state index in [-0.39, 0.29) is 26.1 Å². The lowest BCUT2D eigenvalue weighted by Gasteiger charge is -2.66. The second kappa shape index (κ2) is 10.2. The number of hydrogen-bond acceptors (Lipinski definition) is 13. The summed E-state index contributed by atoms with van der Waals surface area (Å²) in [5, 5.41) is 37.5. The van der Waals surface area contributed by atoms with Crippen molar-refractivity contribution in [2.75, 3.05) is 27.4 Å². The highest BCUT2D eigenvalue weighted by Crippen LogP contribution is 2.80. The lowest BCUT2D eigenvalue weighted by Crippen LogP contribution is -2.78. The maximum absolute atomic E-state index is 14.2. The number of ether oxygens (including phenoxy) is 8. The second-order valence-electron chi connectivity index (χ2n) is 16.1. The SMILES string of the molecule is COC(=O)C1(OC)OCC23C(OC(=O)C=Cc4ccccc4)CC(O)C4(C)COC(C42)C2OC4(C)C5CC(OC6OC=CC65O)C4(O)C2(C)C13. The van der Waals surface area contributed by atoms with Crippen LogP contribution in [0.3, 0.4) is 0 Å². The largest absolute Gasteiger partial charge is 0.469 e. The highest BCUT2D eigenvalue weighted by atomic mass is 16.7. The van der Waals surface area contributed by atoms with Gasteiger partial charge in [-0.1, -0.05) is 44.2 Å². The monoisotopic (exact) mass is 696 g/mol. The van der Waals surface area contributed by atoms with Crippen molar-refractivity contribution in [2.45, 2.75) is 93.0 Å². The summed E-state index contributed by atoms with van der Waals surface area (Å²) >= 11 is 0. The normalized spacial score (nSPS) is 54.8. The first kappa shape index (κ1) is 33.0. The van der Waals surface area contributed by atoms with E-state index in [0.29, 0.717) is 0 Å². The predicted octanol–water partition coefficient (Wildman–Crippen LogP) is 1.47. The molecule has 5 aliphatic heterocycles. The Morgan fingerprint density at radius 2 is 1.80 bits per heavy atom. The van der Waals surface area contributed by atoms with Gasteiger partial charge in [0.15, 0.2) is 5.60 Å². The van der Waals surface area contributed by atoms with Gasteiger partial charge in [0.25, 0.3) is 5.79 Å². The van der Waals surface area contributed by atoms with Crippen LogP contribution < -0.4 is 0 Å². The molecule has 8 aliphatic rings. The van der Waals surface area contributed by atoms with Crippen LogP contribution in [0.2, 0.25) is 0 Å². The molecule has 2 bridgehead atoms. The van der Waals surface area contributed by atoms with Gasteiger partial charge in [-0.15, -0.1) is 0 Å². The van der Waals surface area contributed by atoms with Crippen LogP contribution in [0.1, 0.15) is 39.2 Å². The number of fused-ring (bicyclic) bond motifs is 11. The number of hydrogen-bond donors (Lipinski definition) is 3. The molecule has 0 radical (unpaired) electrons. The van der Waals surface area contributed by atoms with Gasteiger partial charge in [-0.3, -0.25) is 0 Å². The van der Waals surface area contributed by atoms with Crippen LogP contribution in [0, 0.1) is 34.0 Å². The molecular weight excluding hydrogens is 652 g/mol. The van der Waals surface area contributed by atoms with E-state index in [0.717, 1.165) is 5.56 Å². The molecule has 7 fully saturated rings. The van der Waals surface area contributed by atoms with Crippen molar-refractivity contribution < 1.29 is 62.8 Å². The highest BCUT2D eigenvalue weighted by Gasteiger charge is 2.94. The zero-order chi connectivity index (χ0) is 35.3. The van der Waals surface area contributed by atoms with E-state index >= 15 is 0 Å². The van der Waals surface area contributed by atoms with Gasteiger partial charge in [0.1, 0.15) is 17.3 Å². The van der Waals surface area contributed by atoms with Crippen LogP contribution in [0.4, 0.5) is 0 Å². The lowest BCUT2D eigenvalue weighted by molar-refractivity contribution is -0.317. The minimum Gasteiger partial charge on any atom is -0.469 e. The Bertz CT molecular complexity index is 1680. The molecule has 3 aliphatic carbocycles. The highest BCUT2D eigenvalue weighted by molar-refractivity contribution is 5.87. The number of methoxy groups -OCH3 is 2. The van der Waals surface area contributed by atoms with Gasteiger partial charge in [-0.05, 0) is 31.1 Å². The smallest absolute Gasteiger partial charge is 0.366 e. The first-order valence-electron chi connectivity index (χ1n) is 17.3. The Morgan fingerprint density at radius 3 is 2.52 bits per heavy atom. The maximum atomic E-state index is 14.2. The lowest BCUT2D eigenvalue weighted by atomic mass is 9.37. The fraction of sp³-hybridized carbons (Fsp3) is 0.676. The molecule has 13 heteroatoms. The van der Waals surface area contributed by atoms with E-state index in [1.807, 2.05) is 44.2 Å². The summed E-state index contributed by atoms with van der Waals surface area (Å²) in [4.78, 5) is 27.9. The average Bonchev–Trinajstić information content (AvgIpc) is 3.86. The molecule has 3 N–H and O–H groups in total. The Kier molecular flexibility index (Phi) is 6.70. The van der Waals surface area contributed by atoms with E-state index in [1.165, 1.54) is 32.6 Å². The van der Waals surface area contributed by atoms with E-state index in [4.69, 9.17) is 37.9 Å². The van der Waals surface area contributed by atoms with Crippen LogP contribution in [0.25, 0.3) is 6.08 Å². The minimum absolute atomic E-state index is 0.00907. The third-order valence-corrected chi connectivity index (χ3v) is 14.5. The molecule has 5 heterocycles. The molecule has 13 nitrogen and oxygen atoms in total. The first-order chi connectivity index (χ1) is 23.7. The topological polar surface area (TPSA) is 169 Å². The van der Waals surface area contributed by atoms with Gasteiger partial charge in [0.2, 0.25) is 6.29 Å². The molecule has 9 rings (SSSR count). The van der Waals surface area contributed by atoms with Gasteiger partial charge < -0.3 is 53.2 Å². The zero-order valence-corrected chi connectivity index (χ0v) is 28.6. The number of rotatable bonds is 5. The van der Waals surface area contributed by atoms with Crippen molar-refractivity contribution in [3.05, 3.63) is 54.3 Å². The molecule has 16 unspecified atom stereocenters. The van der Waals surface area contributed by atoms with Crippen molar-refractivity contribution >= 4 is 18.0 Å². The molecule has 1 aromatic rings. The maximum Gasteiger partial charge on any atom is 0.366 e. The fourth-order valence-corrected chi connectivity index (χ4v) is 12.5. The quantitative estimate of drug-likeness (QED) is 0.299. The minimum atomic E-state index is -2.10.